The molecule has 0 aliphatic carbocycles. The van der Waals surface area contributed by atoms with E-state index in [1.54, 1.807) is 0 Å². The van der Waals surface area contributed by atoms with Gasteiger partial charge in [0.2, 0.25) is 0 Å². The van der Waals surface area contributed by atoms with Crippen molar-refractivity contribution in [2.75, 3.05) is 37.0 Å². The van der Waals surface area contributed by atoms with Crippen LogP contribution in [-0.4, -0.2) is 27.2 Å². The molecule has 2 aromatic carbocycles. The molecule has 0 fully saturated rings. The van der Waals surface area contributed by atoms with Gasteiger partial charge < -0.3 is 18.6 Å². The Morgan fingerprint density at radius 3 is 1.56 bits per heavy atom. The Morgan fingerprint density at radius 2 is 1.12 bits per heavy atom. The molecular formula is C21H22N2O2. The molecule has 0 bridgehead atoms. The van der Waals surface area contributed by atoms with Crippen LogP contribution in [-0.2, 0) is 0 Å². The fraction of sp³-hybridized carbons (Fsp3) is 0.238. The standard InChI is InChI=1S/C21H22N2O2/c1-22(20-14-16-8-3-5-10-18(16)24-20)12-7-13-23(2)21-15-17-9-4-6-11-19(17)25-21/h3-6,8-11,14-15H,7,12-13H2,1-2H3. The molecule has 0 radical (unpaired) electrons. The van der Waals surface area contributed by atoms with Crippen molar-refractivity contribution in [3.63, 3.8) is 0 Å². The molecule has 0 aliphatic rings. The van der Waals surface area contributed by atoms with Gasteiger partial charge in [-0.25, -0.2) is 0 Å². The fourth-order valence-corrected chi connectivity index (χ4v) is 3.08. The summed E-state index contributed by atoms with van der Waals surface area (Å²) in [7, 11) is 4.14. The second kappa shape index (κ2) is 6.55. The van der Waals surface area contributed by atoms with Gasteiger partial charge in [-0.05, 0) is 18.6 Å². The van der Waals surface area contributed by atoms with E-state index in [1.165, 1.54) is 0 Å². The lowest BCUT2D eigenvalue weighted by atomic mass is 10.2. The number of hydrogen-bond donors (Lipinski definition) is 0. The lowest BCUT2D eigenvalue weighted by Gasteiger charge is -2.19. The smallest absolute Gasteiger partial charge is 0.196 e. The lowest BCUT2D eigenvalue weighted by molar-refractivity contribution is 0.577. The molecule has 2 aromatic heterocycles. The maximum absolute atomic E-state index is 5.91. The number of rotatable bonds is 6. The summed E-state index contributed by atoms with van der Waals surface area (Å²) in [5.41, 5.74) is 1.87. The van der Waals surface area contributed by atoms with Gasteiger partial charge in [-0.3, -0.25) is 0 Å². The van der Waals surface area contributed by atoms with Crippen molar-refractivity contribution < 1.29 is 8.83 Å². The van der Waals surface area contributed by atoms with Crippen LogP contribution in [0.3, 0.4) is 0 Å². The summed E-state index contributed by atoms with van der Waals surface area (Å²) in [6.45, 7) is 1.84. The van der Waals surface area contributed by atoms with Crippen molar-refractivity contribution >= 4 is 33.7 Å². The summed E-state index contributed by atoms with van der Waals surface area (Å²) < 4.78 is 11.8. The van der Waals surface area contributed by atoms with Crippen LogP contribution in [0.15, 0.2) is 69.5 Å². The number of furan rings is 2. The van der Waals surface area contributed by atoms with E-state index in [0.29, 0.717) is 0 Å². The molecule has 4 heteroatoms. The molecule has 0 spiro atoms. The maximum Gasteiger partial charge on any atom is 0.196 e. The van der Waals surface area contributed by atoms with E-state index < -0.39 is 0 Å². The monoisotopic (exact) mass is 334 g/mol. The molecule has 0 unspecified atom stereocenters. The second-order valence-electron chi connectivity index (χ2n) is 6.44. The van der Waals surface area contributed by atoms with Gasteiger partial charge in [0.05, 0.1) is 0 Å². The number of fused-ring (bicyclic) bond motifs is 2. The highest BCUT2D eigenvalue weighted by molar-refractivity contribution is 5.81. The molecule has 0 aliphatic heterocycles. The Labute approximate surface area is 147 Å². The quantitative estimate of drug-likeness (QED) is 0.489. The van der Waals surface area contributed by atoms with Crippen LogP contribution in [0.25, 0.3) is 21.9 Å². The van der Waals surface area contributed by atoms with Crippen molar-refractivity contribution in [2.45, 2.75) is 6.42 Å². The van der Waals surface area contributed by atoms with Crippen LogP contribution < -0.4 is 9.80 Å². The summed E-state index contributed by atoms with van der Waals surface area (Å²) in [6.07, 6.45) is 1.01. The number of benzene rings is 2. The van der Waals surface area contributed by atoms with Crippen LogP contribution in [0.2, 0.25) is 0 Å². The van der Waals surface area contributed by atoms with Gasteiger partial charge in [-0.1, -0.05) is 36.4 Å². The van der Waals surface area contributed by atoms with E-state index in [2.05, 4.69) is 48.2 Å². The molecule has 25 heavy (non-hydrogen) atoms. The van der Waals surface area contributed by atoms with Crippen LogP contribution in [0.4, 0.5) is 11.8 Å². The average Bonchev–Trinajstić information content (AvgIpc) is 3.25. The van der Waals surface area contributed by atoms with E-state index in [-0.39, 0.29) is 0 Å². The van der Waals surface area contributed by atoms with Gasteiger partial charge in [0, 0.05) is 50.1 Å². The first-order valence-electron chi connectivity index (χ1n) is 8.60. The van der Waals surface area contributed by atoms with Crippen LogP contribution in [0.1, 0.15) is 6.42 Å². The summed E-state index contributed by atoms with van der Waals surface area (Å²) in [4.78, 5) is 4.32. The Morgan fingerprint density at radius 1 is 0.680 bits per heavy atom. The van der Waals surface area contributed by atoms with Crippen LogP contribution in [0.5, 0.6) is 0 Å². The van der Waals surface area contributed by atoms with Crippen molar-refractivity contribution in [1.29, 1.82) is 0 Å². The Hall–Kier alpha value is -2.88. The zero-order valence-electron chi connectivity index (χ0n) is 14.6. The van der Waals surface area contributed by atoms with Gasteiger partial charge >= 0.3 is 0 Å². The molecule has 0 saturated carbocycles. The second-order valence-corrected chi connectivity index (χ2v) is 6.44. The molecular weight excluding hydrogens is 312 g/mol. The summed E-state index contributed by atoms with van der Waals surface area (Å²) in [6, 6.07) is 20.4. The summed E-state index contributed by atoms with van der Waals surface area (Å²) >= 11 is 0. The average molecular weight is 334 g/mol. The van der Waals surface area contributed by atoms with E-state index >= 15 is 0 Å². The topological polar surface area (TPSA) is 32.8 Å². The van der Waals surface area contributed by atoms with Gasteiger partial charge in [0.15, 0.2) is 11.8 Å². The summed E-state index contributed by atoms with van der Waals surface area (Å²) in [5, 5.41) is 2.28. The SMILES string of the molecule is CN(CCCN(C)c1cc2ccccc2o1)c1cc2ccccc2o1. The highest BCUT2D eigenvalue weighted by Gasteiger charge is 2.10. The first kappa shape index (κ1) is 15.6. The third-order valence-electron chi connectivity index (χ3n) is 4.56. The maximum atomic E-state index is 5.91. The fourth-order valence-electron chi connectivity index (χ4n) is 3.08. The van der Waals surface area contributed by atoms with Crippen molar-refractivity contribution in [3.8, 4) is 0 Å². The molecule has 0 N–H and O–H groups in total. The third kappa shape index (κ3) is 3.20. The molecule has 0 amide bonds. The largest absolute Gasteiger partial charge is 0.441 e. The van der Waals surface area contributed by atoms with Gasteiger partial charge in [0.1, 0.15) is 11.2 Å². The molecule has 2 heterocycles. The predicted octanol–water partition coefficient (Wildman–Crippen LogP) is 5.14. The highest BCUT2D eigenvalue weighted by Crippen LogP contribution is 2.26. The minimum absolute atomic E-state index is 0.910. The first-order valence-corrected chi connectivity index (χ1v) is 8.60. The molecule has 128 valence electrons. The van der Waals surface area contributed by atoms with Crippen molar-refractivity contribution in [2.24, 2.45) is 0 Å². The molecule has 4 nitrogen and oxygen atoms in total. The van der Waals surface area contributed by atoms with Crippen molar-refractivity contribution in [3.05, 3.63) is 60.7 Å². The molecule has 4 aromatic rings. The van der Waals surface area contributed by atoms with E-state index in [4.69, 9.17) is 8.83 Å². The number of hydrogen-bond acceptors (Lipinski definition) is 4. The van der Waals surface area contributed by atoms with E-state index in [1.807, 2.05) is 36.4 Å². The first-order chi connectivity index (χ1) is 12.2. The van der Waals surface area contributed by atoms with Gasteiger partial charge in [-0.15, -0.1) is 0 Å². The Balaban J connectivity index is 1.36. The number of nitrogens with zero attached hydrogens (tertiary/aromatic N) is 2. The molecule has 0 atom stereocenters. The highest BCUT2D eigenvalue weighted by atomic mass is 16.4. The zero-order valence-corrected chi connectivity index (χ0v) is 14.6. The zero-order chi connectivity index (χ0) is 17.2. The minimum atomic E-state index is 0.910. The molecule has 0 saturated heterocycles. The third-order valence-corrected chi connectivity index (χ3v) is 4.56. The summed E-state index contributed by atoms with van der Waals surface area (Å²) in [5.74, 6) is 1.82. The number of anilines is 2. The van der Waals surface area contributed by atoms with Crippen LogP contribution >= 0.6 is 0 Å². The lowest BCUT2D eigenvalue weighted by Crippen LogP contribution is -2.24. The minimum Gasteiger partial charge on any atom is -0.441 e. The van der Waals surface area contributed by atoms with Crippen molar-refractivity contribution in [1.82, 2.24) is 0 Å². The normalized spacial score (nSPS) is 11.3. The Bertz CT molecular complexity index is 840. The van der Waals surface area contributed by atoms with E-state index in [0.717, 1.165) is 53.2 Å². The Kier molecular flexibility index (Phi) is 4.10. The molecule has 4 rings (SSSR count). The van der Waals surface area contributed by atoms with E-state index in [9.17, 15) is 0 Å². The van der Waals surface area contributed by atoms with Crippen LogP contribution in [0, 0.1) is 0 Å². The van der Waals surface area contributed by atoms with Gasteiger partial charge in [0.25, 0.3) is 0 Å². The van der Waals surface area contributed by atoms with Gasteiger partial charge in [-0.2, -0.15) is 0 Å². The predicted molar refractivity (Wildman–Crippen MR) is 104 cm³/mol. The number of para-hydroxylation sites is 2.